The molecule has 0 aliphatic rings. The SMILES string of the molecule is CCOC(=O)C(O)c1c(F)ccc(S(C)(=O)=O)c1F. The van der Waals surface area contributed by atoms with Gasteiger partial charge in [0.2, 0.25) is 0 Å². The minimum Gasteiger partial charge on any atom is -0.464 e. The van der Waals surface area contributed by atoms with Gasteiger partial charge in [0.15, 0.2) is 21.8 Å². The van der Waals surface area contributed by atoms with Gasteiger partial charge in [-0.15, -0.1) is 0 Å². The summed E-state index contributed by atoms with van der Waals surface area (Å²) in [7, 11) is -3.95. The molecule has 0 saturated heterocycles. The van der Waals surface area contributed by atoms with Gasteiger partial charge >= 0.3 is 5.97 Å². The lowest BCUT2D eigenvalue weighted by Crippen LogP contribution is -2.19. The Morgan fingerprint density at radius 2 is 2.00 bits per heavy atom. The van der Waals surface area contributed by atoms with Gasteiger partial charge < -0.3 is 9.84 Å². The highest BCUT2D eigenvalue weighted by Crippen LogP contribution is 2.27. The van der Waals surface area contributed by atoms with E-state index in [1.54, 1.807) is 0 Å². The van der Waals surface area contributed by atoms with Crippen LogP contribution in [-0.4, -0.2) is 32.4 Å². The van der Waals surface area contributed by atoms with E-state index in [9.17, 15) is 27.1 Å². The van der Waals surface area contributed by atoms with Crippen LogP contribution in [0.4, 0.5) is 8.78 Å². The van der Waals surface area contributed by atoms with Crippen LogP contribution in [-0.2, 0) is 19.4 Å². The van der Waals surface area contributed by atoms with Gasteiger partial charge in [0.25, 0.3) is 0 Å². The number of esters is 1. The second-order valence-corrected chi connectivity index (χ2v) is 5.68. The predicted molar refractivity (Wildman–Crippen MR) is 61.1 cm³/mol. The van der Waals surface area contributed by atoms with Crippen molar-refractivity contribution >= 4 is 15.8 Å². The highest BCUT2D eigenvalue weighted by atomic mass is 32.2. The minimum atomic E-state index is -3.95. The summed E-state index contributed by atoms with van der Waals surface area (Å²) in [5, 5.41) is 9.52. The quantitative estimate of drug-likeness (QED) is 0.661. The first-order valence-corrected chi connectivity index (χ1v) is 7.12. The molecule has 0 spiro atoms. The third kappa shape index (κ3) is 3.27. The Bertz CT molecular complexity index is 597. The molecule has 0 bridgehead atoms. The summed E-state index contributed by atoms with van der Waals surface area (Å²) in [6.07, 6.45) is -1.49. The van der Waals surface area contributed by atoms with E-state index in [0.29, 0.717) is 6.07 Å². The van der Waals surface area contributed by atoms with E-state index < -0.39 is 44.0 Å². The Morgan fingerprint density at radius 1 is 1.42 bits per heavy atom. The fourth-order valence-electron chi connectivity index (χ4n) is 1.43. The van der Waals surface area contributed by atoms with Gasteiger partial charge in [0.05, 0.1) is 12.2 Å². The molecule has 106 valence electrons. The lowest BCUT2D eigenvalue weighted by Gasteiger charge is -2.13. The van der Waals surface area contributed by atoms with Crippen molar-refractivity contribution in [2.45, 2.75) is 17.9 Å². The summed E-state index contributed by atoms with van der Waals surface area (Å²) in [6.45, 7) is 1.36. The first-order chi connectivity index (χ1) is 8.70. The van der Waals surface area contributed by atoms with Gasteiger partial charge in [-0.25, -0.2) is 22.0 Å². The van der Waals surface area contributed by atoms with Gasteiger partial charge in [0, 0.05) is 6.26 Å². The Morgan fingerprint density at radius 3 is 2.47 bits per heavy atom. The molecular formula is C11H12F2O5S. The van der Waals surface area contributed by atoms with Gasteiger partial charge in [0.1, 0.15) is 10.7 Å². The second-order valence-electron chi connectivity index (χ2n) is 3.70. The van der Waals surface area contributed by atoms with Crippen molar-refractivity contribution in [1.82, 2.24) is 0 Å². The number of benzene rings is 1. The van der Waals surface area contributed by atoms with Crippen LogP contribution >= 0.6 is 0 Å². The van der Waals surface area contributed by atoms with Crippen LogP contribution in [0.15, 0.2) is 17.0 Å². The molecule has 0 aromatic heterocycles. The number of rotatable bonds is 4. The molecule has 1 rings (SSSR count). The summed E-state index contributed by atoms with van der Waals surface area (Å²) in [6, 6.07) is 1.39. The van der Waals surface area contributed by atoms with E-state index in [1.165, 1.54) is 6.92 Å². The highest BCUT2D eigenvalue weighted by molar-refractivity contribution is 7.90. The maximum atomic E-state index is 13.9. The summed E-state index contributed by atoms with van der Waals surface area (Å²) >= 11 is 0. The third-order valence-corrected chi connectivity index (χ3v) is 3.39. The largest absolute Gasteiger partial charge is 0.464 e. The molecule has 0 saturated carbocycles. The van der Waals surface area contributed by atoms with Crippen molar-refractivity contribution < 1.29 is 31.8 Å². The molecule has 0 fully saturated rings. The Balaban J connectivity index is 3.39. The fraction of sp³-hybridized carbons (Fsp3) is 0.364. The lowest BCUT2D eigenvalue weighted by atomic mass is 10.1. The molecule has 0 aliphatic carbocycles. The van der Waals surface area contributed by atoms with Crippen molar-refractivity contribution in [2.24, 2.45) is 0 Å². The van der Waals surface area contributed by atoms with E-state index in [4.69, 9.17) is 0 Å². The lowest BCUT2D eigenvalue weighted by molar-refractivity contribution is -0.153. The number of sulfone groups is 1. The number of hydrogen-bond donors (Lipinski definition) is 1. The third-order valence-electron chi connectivity index (χ3n) is 2.27. The maximum absolute atomic E-state index is 13.9. The first-order valence-electron chi connectivity index (χ1n) is 5.22. The number of halogens is 2. The average molecular weight is 294 g/mol. The summed E-state index contributed by atoms with van der Waals surface area (Å²) in [4.78, 5) is 10.5. The topological polar surface area (TPSA) is 80.7 Å². The van der Waals surface area contributed by atoms with E-state index in [0.717, 1.165) is 12.3 Å². The van der Waals surface area contributed by atoms with Crippen LogP contribution in [0.2, 0.25) is 0 Å². The molecule has 0 amide bonds. The number of carbonyl (C=O) groups is 1. The molecule has 1 aromatic rings. The monoisotopic (exact) mass is 294 g/mol. The Kier molecular flexibility index (Phi) is 4.59. The van der Waals surface area contributed by atoms with Crippen molar-refractivity contribution in [1.29, 1.82) is 0 Å². The molecule has 0 aliphatic heterocycles. The molecule has 19 heavy (non-hydrogen) atoms. The minimum absolute atomic E-state index is 0.0924. The van der Waals surface area contributed by atoms with E-state index >= 15 is 0 Å². The Labute approximate surface area is 108 Å². The zero-order valence-electron chi connectivity index (χ0n) is 10.2. The first kappa shape index (κ1) is 15.5. The second kappa shape index (κ2) is 5.62. The highest BCUT2D eigenvalue weighted by Gasteiger charge is 2.29. The van der Waals surface area contributed by atoms with Crippen LogP contribution in [0.25, 0.3) is 0 Å². The smallest absolute Gasteiger partial charge is 0.339 e. The number of ether oxygens (including phenoxy) is 1. The van der Waals surface area contributed by atoms with Gasteiger partial charge in [-0.3, -0.25) is 0 Å². The van der Waals surface area contributed by atoms with Crippen LogP contribution in [0.3, 0.4) is 0 Å². The predicted octanol–water partition coefficient (Wildman–Crippen LogP) is 0.965. The van der Waals surface area contributed by atoms with Crippen LogP contribution in [0.5, 0.6) is 0 Å². The van der Waals surface area contributed by atoms with Crippen LogP contribution < -0.4 is 0 Å². The van der Waals surface area contributed by atoms with E-state index in [1.807, 2.05) is 0 Å². The van der Waals surface area contributed by atoms with Gasteiger partial charge in [-0.05, 0) is 19.1 Å². The van der Waals surface area contributed by atoms with E-state index in [2.05, 4.69) is 4.74 Å². The van der Waals surface area contributed by atoms with Crippen molar-refractivity contribution in [3.05, 3.63) is 29.3 Å². The molecule has 0 radical (unpaired) electrons. The van der Waals surface area contributed by atoms with Crippen molar-refractivity contribution in [3.63, 3.8) is 0 Å². The van der Waals surface area contributed by atoms with E-state index in [-0.39, 0.29) is 6.61 Å². The summed E-state index contributed by atoms with van der Waals surface area (Å²) in [5.41, 5.74) is -1.04. The number of aliphatic hydroxyl groups is 1. The zero-order valence-corrected chi connectivity index (χ0v) is 11.0. The molecule has 1 aromatic carbocycles. The molecular weight excluding hydrogens is 282 g/mol. The van der Waals surface area contributed by atoms with Crippen molar-refractivity contribution in [2.75, 3.05) is 12.9 Å². The number of hydrogen-bond acceptors (Lipinski definition) is 5. The molecule has 1 N–H and O–H groups in total. The average Bonchev–Trinajstić information content (AvgIpc) is 2.27. The molecule has 8 heteroatoms. The van der Waals surface area contributed by atoms with Crippen molar-refractivity contribution in [3.8, 4) is 0 Å². The van der Waals surface area contributed by atoms with Gasteiger partial charge in [-0.1, -0.05) is 0 Å². The van der Waals surface area contributed by atoms with Crippen LogP contribution in [0.1, 0.15) is 18.6 Å². The molecule has 5 nitrogen and oxygen atoms in total. The summed E-state index contributed by atoms with van der Waals surface area (Å²) < 4.78 is 54.3. The number of carbonyl (C=O) groups excluding carboxylic acids is 1. The standard InChI is InChI=1S/C11H12F2O5S/c1-3-18-11(15)10(14)8-6(12)4-5-7(9(8)13)19(2,16)17/h4-5,10,14H,3H2,1-2H3. The molecule has 1 atom stereocenters. The normalized spacial score (nSPS) is 13.1. The molecule has 0 heterocycles. The zero-order chi connectivity index (χ0) is 14.8. The maximum Gasteiger partial charge on any atom is 0.339 e. The Hall–Kier alpha value is -1.54. The van der Waals surface area contributed by atoms with Crippen LogP contribution in [0, 0.1) is 11.6 Å². The number of aliphatic hydroxyl groups excluding tert-OH is 1. The molecule has 1 unspecified atom stereocenters. The fourth-order valence-corrected chi connectivity index (χ4v) is 2.18. The summed E-state index contributed by atoms with van der Waals surface area (Å²) in [5.74, 6) is -3.99. The van der Waals surface area contributed by atoms with Gasteiger partial charge in [-0.2, -0.15) is 0 Å².